The Kier molecular flexibility index (Phi) is 5.29. The van der Waals surface area contributed by atoms with Crippen LogP contribution in [0.25, 0.3) is 0 Å². The number of ether oxygens (including phenoxy) is 1. The Morgan fingerprint density at radius 2 is 1.63 bits per heavy atom. The minimum Gasteiger partial charge on any atom is -0.507 e. The Hall–Kier alpha value is -2.94. The van der Waals surface area contributed by atoms with Crippen LogP contribution in [-0.2, 0) is 4.74 Å². The third-order valence-corrected chi connectivity index (χ3v) is 4.60. The quantitative estimate of drug-likeness (QED) is 0.604. The van der Waals surface area contributed by atoms with Crippen LogP contribution in [0.1, 0.15) is 18.4 Å². The lowest BCUT2D eigenvalue weighted by molar-refractivity contribution is 0.122. The zero-order valence-corrected chi connectivity index (χ0v) is 15.1. The number of para-hydroxylation sites is 1. The molecule has 4 rings (SSSR count). The van der Waals surface area contributed by atoms with Crippen molar-refractivity contribution in [1.29, 1.82) is 0 Å². The van der Waals surface area contributed by atoms with Crippen LogP contribution in [-0.4, -0.2) is 65.7 Å². The molecule has 2 saturated heterocycles. The molecular formula is C18H23N7O2. The molecule has 9 nitrogen and oxygen atoms in total. The first kappa shape index (κ1) is 17.5. The minimum absolute atomic E-state index is 0.172. The van der Waals surface area contributed by atoms with Crippen LogP contribution in [0.4, 0.5) is 17.8 Å². The molecule has 0 atom stereocenters. The molecule has 0 unspecified atom stereocenters. The van der Waals surface area contributed by atoms with Crippen molar-refractivity contribution in [3.63, 3.8) is 0 Å². The van der Waals surface area contributed by atoms with E-state index in [1.165, 1.54) is 0 Å². The van der Waals surface area contributed by atoms with Crippen LogP contribution >= 0.6 is 0 Å². The Balaban J connectivity index is 1.56. The Labute approximate surface area is 157 Å². The van der Waals surface area contributed by atoms with Crippen LogP contribution in [0.15, 0.2) is 29.4 Å². The standard InChI is InChI=1S/C18H23N7O2/c26-15-6-2-1-5-14(15)13-19-23-16-20-17(24-7-3-4-8-24)22-18(21-16)25-9-11-27-12-10-25/h1-2,5-6,13,26H,3-4,7-12H2,(H,20,21,22,23)/b19-13+. The van der Waals surface area contributed by atoms with Gasteiger partial charge in [-0.15, -0.1) is 0 Å². The average Bonchev–Trinajstić information content (AvgIpc) is 3.25. The van der Waals surface area contributed by atoms with Crippen molar-refractivity contribution in [3.05, 3.63) is 29.8 Å². The summed E-state index contributed by atoms with van der Waals surface area (Å²) >= 11 is 0. The summed E-state index contributed by atoms with van der Waals surface area (Å²) < 4.78 is 5.42. The van der Waals surface area contributed by atoms with E-state index in [9.17, 15) is 5.11 Å². The first-order valence-corrected chi connectivity index (χ1v) is 9.20. The minimum atomic E-state index is 0.172. The number of phenolic OH excluding ortho intramolecular Hbond substituents is 1. The number of nitrogens with one attached hydrogen (secondary N) is 1. The second-order valence-electron chi connectivity index (χ2n) is 6.48. The highest BCUT2D eigenvalue weighted by Crippen LogP contribution is 2.21. The van der Waals surface area contributed by atoms with Crippen LogP contribution in [0.2, 0.25) is 0 Å². The maximum Gasteiger partial charge on any atom is 0.250 e. The van der Waals surface area contributed by atoms with Gasteiger partial charge in [0.15, 0.2) is 0 Å². The highest BCUT2D eigenvalue weighted by Gasteiger charge is 2.21. The van der Waals surface area contributed by atoms with E-state index >= 15 is 0 Å². The van der Waals surface area contributed by atoms with Gasteiger partial charge < -0.3 is 19.6 Å². The molecule has 2 N–H and O–H groups in total. The van der Waals surface area contributed by atoms with Gasteiger partial charge in [0.1, 0.15) is 5.75 Å². The van der Waals surface area contributed by atoms with E-state index in [1.54, 1.807) is 24.4 Å². The summed E-state index contributed by atoms with van der Waals surface area (Å²) in [6.45, 7) is 4.74. The van der Waals surface area contributed by atoms with Gasteiger partial charge in [0.2, 0.25) is 17.8 Å². The number of morpholine rings is 1. The molecule has 0 saturated carbocycles. The fourth-order valence-corrected chi connectivity index (χ4v) is 3.12. The molecule has 2 fully saturated rings. The molecule has 1 aromatic carbocycles. The third-order valence-electron chi connectivity index (χ3n) is 4.60. The van der Waals surface area contributed by atoms with Gasteiger partial charge in [0.25, 0.3) is 0 Å². The zero-order valence-electron chi connectivity index (χ0n) is 15.1. The molecule has 0 amide bonds. The number of aromatic nitrogens is 3. The van der Waals surface area contributed by atoms with Gasteiger partial charge >= 0.3 is 0 Å². The molecule has 2 aliphatic heterocycles. The molecule has 3 heterocycles. The summed E-state index contributed by atoms with van der Waals surface area (Å²) in [6, 6.07) is 7.00. The Bertz CT molecular complexity index is 802. The molecule has 0 bridgehead atoms. The lowest BCUT2D eigenvalue weighted by atomic mass is 10.2. The predicted octanol–water partition coefficient (Wildman–Crippen LogP) is 1.46. The lowest BCUT2D eigenvalue weighted by Crippen LogP contribution is -2.38. The number of hydrogen-bond acceptors (Lipinski definition) is 9. The predicted molar refractivity (Wildman–Crippen MR) is 104 cm³/mol. The first-order valence-electron chi connectivity index (χ1n) is 9.20. The summed E-state index contributed by atoms with van der Waals surface area (Å²) in [6.07, 6.45) is 3.84. The molecule has 2 aromatic rings. The average molecular weight is 369 g/mol. The SMILES string of the molecule is Oc1ccccc1/C=N/Nc1nc(N2CCCC2)nc(N2CCOCC2)n1. The van der Waals surface area contributed by atoms with Crippen molar-refractivity contribution in [1.82, 2.24) is 15.0 Å². The fourth-order valence-electron chi connectivity index (χ4n) is 3.12. The number of hydrazone groups is 1. The van der Waals surface area contributed by atoms with Gasteiger partial charge in [0.05, 0.1) is 19.4 Å². The molecular weight excluding hydrogens is 346 g/mol. The van der Waals surface area contributed by atoms with Gasteiger partial charge in [-0.1, -0.05) is 12.1 Å². The van der Waals surface area contributed by atoms with Crippen LogP contribution < -0.4 is 15.2 Å². The lowest BCUT2D eigenvalue weighted by Gasteiger charge is -2.27. The molecule has 27 heavy (non-hydrogen) atoms. The fraction of sp³-hybridized carbons (Fsp3) is 0.444. The molecule has 1 aromatic heterocycles. The molecule has 9 heteroatoms. The number of rotatable bonds is 5. The number of benzene rings is 1. The summed E-state index contributed by atoms with van der Waals surface area (Å²) in [7, 11) is 0. The molecule has 0 spiro atoms. The smallest absolute Gasteiger partial charge is 0.250 e. The van der Waals surface area contributed by atoms with E-state index < -0.39 is 0 Å². The highest BCUT2D eigenvalue weighted by molar-refractivity contribution is 5.83. The number of anilines is 3. The van der Waals surface area contributed by atoms with Crippen LogP contribution in [0.5, 0.6) is 5.75 Å². The second-order valence-corrected chi connectivity index (χ2v) is 6.48. The van der Waals surface area contributed by atoms with Crippen molar-refractivity contribution < 1.29 is 9.84 Å². The number of phenols is 1. The topological polar surface area (TPSA) is 99.0 Å². The summed E-state index contributed by atoms with van der Waals surface area (Å²) in [5.41, 5.74) is 3.49. The van der Waals surface area contributed by atoms with Gasteiger partial charge in [-0.3, -0.25) is 0 Å². The van der Waals surface area contributed by atoms with Gasteiger partial charge in [-0.25, -0.2) is 5.43 Å². The van der Waals surface area contributed by atoms with Crippen molar-refractivity contribution >= 4 is 24.1 Å². The van der Waals surface area contributed by atoms with Gasteiger partial charge in [-0.2, -0.15) is 20.1 Å². The maximum absolute atomic E-state index is 9.82. The first-order chi connectivity index (χ1) is 13.3. The van der Waals surface area contributed by atoms with Crippen LogP contribution in [0, 0.1) is 0 Å². The monoisotopic (exact) mass is 369 g/mol. The number of nitrogens with zero attached hydrogens (tertiary/aromatic N) is 6. The number of hydrogen-bond donors (Lipinski definition) is 2. The largest absolute Gasteiger partial charge is 0.507 e. The highest BCUT2D eigenvalue weighted by atomic mass is 16.5. The number of aromatic hydroxyl groups is 1. The van der Waals surface area contributed by atoms with Gasteiger partial charge in [0, 0.05) is 31.7 Å². The van der Waals surface area contributed by atoms with E-state index in [-0.39, 0.29) is 5.75 Å². The van der Waals surface area contributed by atoms with Crippen molar-refractivity contribution in [3.8, 4) is 5.75 Å². The van der Waals surface area contributed by atoms with E-state index in [0.717, 1.165) is 39.0 Å². The molecule has 0 aliphatic carbocycles. The summed E-state index contributed by atoms with van der Waals surface area (Å²) in [4.78, 5) is 18.0. The second kappa shape index (κ2) is 8.17. The third kappa shape index (κ3) is 4.25. The van der Waals surface area contributed by atoms with Crippen LogP contribution in [0.3, 0.4) is 0 Å². The molecule has 0 radical (unpaired) electrons. The summed E-state index contributed by atoms with van der Waals surface area (Å²) in [5.74, 6) is 1.87. The van der Waals surface area contributed by atoms with Crippen molar-refractivity contribution in [2.75, 3.05) is 54.6 Å². The molecule has 2 aliphatic rings. The van der Waals surface area contributed by atoms with Crippen molar-refractivity contribution in [2.45, 2.75) is 12.8 Å². The summed E-state index contributed by atoms with van der Waals surface area (Å²) in [5, 5.41) is 14.0. The van der Waals surface area contributed by atoms with E-state index in [4.69, 9.17) is 4.74 Å². The maximum atomic E-state index is 9.82. The zero-order chi connectivity index (χ0) is 18.5. The van der Waals surface area contributed by atoms with E-state index in [0.29, 0.717) is 36.6 Å². The Morgan fingerprint density at radius 3 is 2.33 bits per heavy atom. The van der Waals surface area contributed by atoms with Gasteiger partial charge in [-0.05, 0) is 25.0 Å². The normalized spacial score (nSPS) is 17.6. The van der Waals surface area contributed by atoms with E-state index in [1.807, 2.05) is 6.07 Å². The van der Waals surface area contributed by atoms with E-state index in [2.05, 4.69) is 35.3 Å². The Morgan fingerprint density at radius 1 is 0.963 bits per heavy atom. The van der Waals surface area contributed by atoms with Crippen molar-refractivity contribution in [2.24, 2.45) is 5.10 Å². The molecule has 142 valence electrons.